The first kappa shape index (κ1) is 15.3. The molecule has 2 aromatic carbocycles. The number of rotatable bonds is 3. The number of hydrogen-bond donors (Lipinski definition) is 1. The van der Waals surface area contributed by atoms with E-state index in [-0.39, 0.29) is 11.7 Å². The smallest absolute Gasteiger partial charge is 0.291 e. The molecule has 1 N–H and O–H groups in total. The average molecular weight is 355 g/mol. The van der Waals surface area contributed by atoms with Gasteiger partial charge in [0.05, 0.1) is 0 Å². The van der Waals surface area contributed by atoms with E-state index in [0.29, 0.717) is 28.3 Å². The molecule has 6 heteroatoms. The van der Waals surface area contributed by atoms with Crippen molar-refractivity contribution in [3.8, 4) is 11.5 Å². The molecule has 6 nitrogen and oxygen atoms in total. The number of carbonyl (C=O) groups is 1. The van der Waals surface area contributed by atoms with E-state index >= 15 is 0 Å². The predicted octanol–water partition coefficient (Wildman–Crippen LogP) is 4.89. The number of oxazole rings is 1. The van der Waals surface area contributed by atoms with Crippen LogP contribution in [0.5, 0.6) is 0 Å². The summed E-state index contributed by atoms with van der Waals surface area (Å²) < 4.78 is 11.4. The Labute approximate surface area is 153 Å². The van der Waals surface area contributed by atoms with Crippen molar-refractivity contribution in [3.63, 3.8) is 0 Å². The van der Waals surface area contributed by atoms with E-state index in [4.69, 9.17) is 8.83 Å². The third kappa shape index (κ3) is 2.83. The van der Waals surface area contributed by atoms with E-state index in [1.807, 2.05) is 36.4 Å². The van der Waals surface area contributed by atoms with Crippen molar-refractivity contribution in [2.24, 2.45) is 0 Å². The number of anilines is 1. The first-order valence-electron chi connectivity index (χ1n) is 8.37. The van der Waals surface area contributed by atoms with Crippen LogP contribution in [-0.2, 0) is 0 Å². The van der Waals surface area contributed by atoms with Crippen LogP contribution < -0.4 is 5.32 Å². The second kappa shape index (κ2) is 6.10. The van der Waals surface area contributed by atoms with Gasteiger partial charge in [0.1, 0.15) is 11.1 Å². The van der Waals surface area contributed by atoms with Crippen LogP contribution in [0.4, 0.5) is 5.69 Å². The molecule has 0 aliphatic rings. The maximum Gasteiger partial charge on any atom is 0.291 e. The number of fused-ring (bicyclic) bond motifs is 2. The van der Waals surface area contributed by atoms with Gasteiger partial charge in [0.2, 0.25) is 5.89 Å². The topological polar surface area (TPSA) is 81.2 Å². The number of nitrogens with one attached hydrogen (secondary N) is 1. The molecule has 3 aromatic heterocycles. The van der Waals surface area contributed by atoms with E-state index < -0.39 is 0 Å². The van der Waals surface area contributed by atoms with Crippen molar-refractivity contribution in [2.45, 2.75) is 0 Å². The zero-order valence-electron chi connectivity index (χ0n) is 14.0. The fraction of sp³-hybridized carbons (Fsp3) is 0. The highest BCUT2D eigenvalue weighted by Gasteiger charge is 2.14. The third-order valence-corrected chi connectivity index (χ3v) is 4.22. The maximum absolute atomic E-state index is 12.5. The molecular formula is C21H13N3O3. The Balaban J connectivity index is 1.43. The number of hydrogen-bond acceptors (Lipinski definition) is 5. The van der Waals surface area contributed by atoms with Gasteiger partial charge < -0.3 is 14.2 Å². The standard InChI is InChI=1S/C21H13N3O3/c25-20(19-11-14-3-1-2-4-17(14)26-19)23-15-5-6-18-16(12-15)24-21(27-18)13-7-9-22-10-8-13/h1-12H,(H,23,25). The average Bonchev–Trinajstić information content (AvgIpc) is 3.32. The summed E-state index contributed by atoms with van der Waals surface area (Å²) in [6, 6.07) is 18.2. The molecule has 5 rings (SSSR count). The van der Waals surface area contributed by atoms with Gasteiger partial charge in [-0.15, -0.1) is 0 Å². The third-order valence-electron chi connectivity index (χ3n) is 4.22. The van der Waals surface area contributed by atoms with Gasteiger partial charge in [-0.05, 0) is 42.5 Å². The molecule has 0 unspecified atom stereocenters. The van der Waals surface area contributed by atoms with Gasteiger partial charge in [-0.2, -0.15) is 0 Å². The molecule has 0 radical (unpaired) electrons. The van der Waals surface area contributed by atoms with Crippen molar-refractivity contribution in [1.29, 1.82) is 0 Å². The zero-order chi connectivity index (χ0) is 18.2. The van der Waals surface area contributed by atoms with E-state index in [0.717, 1.165) is 10.9 Å². The predicted molar refractivity (Wildman–Crippen MR) is 101 cm³/mol. The van der Waals surface area contributed by atoms with Crippen LogP contribution >= 0.6 is 0 Å². The number of para-hydroxylation sites is 1. The van der Waals surface area contributed by atoms with Crippen LogP contribution in [0.1, 0.15) is 10.6 Å². The monoisotopic (exact) mass is 355 g/mol. The molecule has 0 fully saturated rings. The van der Waals surface area contributed by atoms with Gasteiger partial charge in [-0.1, -0.05) is 18.2 Å². The largest absolute Gasteiger partial charge is 0.451 e. The highest BCUT2D eigenvalue weighted by atomic mass is 16.4. The molecule has 0 saturated carbocycles. The highest BCUT2D eigenvalue weighted by Crippen LogP contribution is 2.26. The summed E-state index contributed by atoms with van der Waals surface area (Å²) in [6.07, 6.45) is 3.37. The van der Waals surface area contributed by atoms with E-state index in [1.165, 1.54) is 0 Å². The van der Waals surface area contributed by atoms with Crippen LogP contribution in [0.2, 0.25) is 0 Å². The molecule has 0 aliphatic heterocycles. The number of nitrogens with zero attached hydrogens (tertiary/aromatic N) is 2. The number of benzene rings is 2. The molecule has 0 spiro atoms. The van der Waals surface area contributed by atoms with Gasteiger partial charge in [0, 0.05) is 29.0 Å². The summed E-state index contributed by atoms with van der Waals surface area (Å²) in [4.78, 5) is 21.0. The Bertz CT molecular complexity index is 1240. The molecule has 5 aromatic rings. The lowest BCUT2D eigenvalue weighted by Gasteiger charge is -2.02. The number of furan rings is 1. The second-order valence-electron chi connectivity index (χ2n) is 6.04. The lowest BCUT2D eigenvalue weighted by atomic mass is 10.2. The first-order valence-corrected chi connectivity index (χ1v) is 8.37. The Morgan fingerprint density at radius 3 is 2.59 bits per heavy atom. The van der Waals surface area contributed by atoms with Crippen LogP contribution in [0.25, 0.3) is 33.5 Å². The lowest BCUT2D eigenvalue weighted by Crippen LogP contribution is -2.10. The van der Waals surface area contributed by atoms with Crippen LogP contribution in [0.15, 0.2) is 81.9 Å². The summed E-state index contributed by atoms with van der Waals surface area (Å²) in [7, 11) is 0. The second-order valence-corrected chi connectivity index (χ2v) is 6.04. The number of aromatic nitrogens is 2. The van der Waals surface area contributed by atoms with Gasteiger partial charge >= 0.3 is 0 Å². The molecule has 27 heavy (non-hydrogen) atoms. The molecule has 3 heterocycles. The minimum atomic E-state index is -0.316. The summed E-state index contributed by atoms with van der Waals surface area (Å²) in [5.41, 5.74) is 3.43. The lowest BCUT2D eigenvalue weighted by molar-refractivity contribution is 0.0998. The number of carbonyl (C=O) groups excluding carboxylic acids is 1. The Morgan fingerprint density at radius 1 is 0.889 bits per heavy atom. The molecular weight excluding hydrogens is 342 g/mol. The van der Waals surface area contributed by atoms with Crippen LogP contribution in [0.3, 0.4) is 0 Å². The number of amides is 1. The van der Waals surface area contributed by atoms with E-state index in [2.05, 4.69) is 15.3 Å². The summed E-state index contributed by atoms with van der Waals surface area (Å²) in [5, 5.41) is 3.72. The van der Waals surface area contributed by atoms with E-state index in [9.17, 15) is 4.79 Å². The fourth-order valence-corrected chi connectivity index (χ4v) is 2.91. The maximum atomic E-state index is 12.5. The van der Waals surface area contributed by atoms with Crippen LogP contribution in [0, 0.1) is 0 Å². The molecule has 130 valence electrons. The molecule has 0 atom stereocenters. The summed E-state index contributed by atoms with van der Waals surface area (Å²) >= 11 is 0. The van der Waals surface area contributed by atoms with Crippen molar-refractivity contribution in [3.05, 3.63) is 78.8 Å². The number of pyridine rings is 1. The molecule has 0 saturated heterocycles. The summed E-state index contributed by atoms with van der Waals surface area (Å²) in [6.45, 7) is 0. The van der Waals surface area contributed by atoms with Gasteiger partial charge in [0.15, 0.2) is 11.3 Å². The Morgan fingerprint density at radius 2 is 1.74 bits per heavy atom. The molecule has 0 aliphatic carbocycles. The van der Waals surface area contributed by atoms with Gasteiger partial charge in [-0.3, -0.25) is 9.78 Å². The van der Waals surface area contributed by atoms with Crippen molar-refractivity contribution in [1.82, 2.24) is 9.97 Å². The van der Waals surface area contributed by atoms with E-state index in [1.54, 1.807) is 36.7 Å². The minimum Gasteiger partial charge on any atom is -0.451 e. The molecule has 0 bridgehead atoms. The normalized spacial score (nSPS) is 11.1. The highest BCUT2D eigenvalue weighted by molar-refractivity contribution is 6.05. The minimum absolute atomic E-state index is 0.258. The van der Waals surface area contributed by atoms with Gasteiger partial charge in [0.25, 0.3) is 5.91 Å². The Kier molecular flexibility index (Phi) is 3.47. The molecule has 1 amide bonds. The first-order chi connectivity index (χ1) is 13.3. The zero-order valence-corrected chi connectivity index (χ0v) is 14.0. The summed E-state index contributed by atoms with van der Waals surface area (Å²) in [5.74, 6) is 0.450. The van der Waals surface area contributed by atoms with Crippen LogP contribution in [-0.4, -0.2) is 15.9 Å². The SMILES string of the molecule is O=C(Nc1ccc2oc(-c3ccncc3)nc2c1)c1cc2ccccc2o1. The van der Waals surface area contributed by atoms with Gasteiger partial charge in [-0.25, -0.2) is 4.98 Å². The quantitative estimate of drug-likeness (QED) is 0.498. The Hall–Kier alpha value is -3.93. The fourth-order valence-electron chi connectivity index (χ4n) is 2.91. The van der Waals surface area contributed by atoms with Crippen molar-refractivity contribution >= 4 is 33.7 Å². The van der Waals surface area contributed by atoms with Crippen molar-refractivity contribution < 1.29 is 13.6 Å². The van der Waals surface area contributed by atoms with Crippen molar-refractivity contribution in [2.75, 3.05) is 5.32 Å².